The normalized spacial score (nSPS) is 16.3. The van der Waals surface area contributed by atoms with E-state index in [9.17, 15) is 18.0 Å². The molecule has 146 valence electrons. The number of anilines is 1. The fourth-order valence-corrected chi connectivity index (χ4v) is 4.25. The molecular formula is C15H23ClN4O4S2. The van der Waals surface area contributed by atoms with Crippen LogP contribution in [0.3, 0.4) is 0 Å². The Bertz CT molecular complexity index is 745. The van der Waals surface area contributed by atoms with Crippen molar-refractivity contribution in [2.75, 3.05) is 37.0 Å². The van der Waals surface area contributed by atoms with Crippen molar-refractivity contribution in [3.8, 4) is 0 Å². The van der Waals surface area contributed by atoms with E-state index in [4.69, 9.17) is 5.73 Å². The lowest BCUT2D eigenvalue weighted by Gasteiger charge is -2.26. The van der Waals surface area contributed by atoms with E-state index >= 15 is 0 Å². The number of nitrogens with zero attached hydrogens (tertiary/aromatic N) is 1. The summed E-state index contributed by atoms with van der Waals surface area (Å²) < 4.78 is 26.4. The molecule has 1 heterocycles. The number of sulfonamides is 1. The summed E-state index contributed by atoms with van der Waals surface area (Å²) in [7, 11) is -3.80. The second-order valence-electron chi connectivity index (χ2n) is 5.59. The third-order valence-corrected chi connectivity index (χ3v) is 6.20. The van der Waals surface area contributed by atoms with Crippen molar-refractivity contribution in [3.63, 3.8) is 0 Å². The number of amides is 2. The van der Waals surface area contributed by atoms with Gasteiger partial charge in [0, 0.05) is 18.8 Å². The van der Waals surface area contributed by atoms with Gasteiger partial charge in [-0.3, -0.25) is 9.59 Å². The number of halogens is 1. The molecule has 1 atom stereocenters. The van der Waals surface area contributed by atoms with E-state index in [0.717, 1.165) is 10.1 Å². The van der Waals surface area contributed by atoms with E-state index in [0.29, 0.717) is 12.1 Å². The molecule has 0 aromatic heterocycles. The van der Waals surface area contributed by atoms with E-state index < -0.39 is 16.1 Å². The first-order valence-corrected chi connectivity index (χ1v) is 10.6. The number of piperazine rings is 1. The van der Waals surface area contributed by atoms with Gasteiger partial charge in [-0.05, 0) is 36.6 Å². The fourth-order valence-electron chi connectivity index (χ4n) is 2.31. The van der Waals surface area contributed by atoms with Gasteiger partial charge < -0.3 is 16.4 Å². The molecule has 0 spiro atoms. The van der Waals surface area contributed by atoms with Crippen LogP contribution >= 0.6 is 24.2 Å². The Morgan fingerprint density at radius 3 is 2.85 bits per heavy atom. The summed E-state index contributed by atoms with van der Waals surface area (Å²) in [5.74, 6) is 0.0695. The van der Waals surface area contributed by atoms with Crippen LogP contribution < -0.4 is 16.4 Å². The Hall–Kier alpha value is -1.33. The van der Waals surface area contributed by atoms with Gasteiger partial charge in [0.1, 0.15) is 0 Å². The minimum Gasteiger partial charge on any atom is -0.354 e. The van der Waals surface area contributed by atoms with Crippen LogP contribution in [-0.2, 0) is 19.6 Å². The molecule has 0 saturated carbocycles. The predicted molar refractivity (Wildman–Crippen MR) is 105 cm³/mol. The zero-order valence-corrected chi connectivity index (χ0v) is 16.8. The van der Waals surface area contributed by atoms with Gasteiger partial charge in [0.25, 0.3) is 0 Å². The number of nitrogens with one attached hydrogen (secondary N) is 2. The van der Waals surface area contributed by atoms with Gasteiger partial charge >= 0.3 is 0 Å². The number of benzene rings is 1. The number of hydrogen-bond donors (Lipinski definition) is 3. The Kier molecular flexibility index (Phi) is 8.84. The maximum Gasteiger partial charge on any atom is 0.243 e. The summed E-state index contributed by atoms with van der Waals surface area (Å²) in [6, 6.07) is 5.30. The quantitative estimate of drug-likeness (QED) is 0.579. The van der Waals surface area contributed by atoms with Gasteiger partial charge in [-0.1, -0.05) is 6.07 Å². The molecule has 0 radical (unpaired) electrons. The highest BCUT2D eigenvalue weighted by molar-refractivity contribution is 7.98. The molecule has 1 aromatic carbocycles. The molecule has 2 amide bonds. The van der Waals surface area contributed by atoms with Crippen LogP contribution in [0.25, 0.3) is 0 Å². The van der Waals surface area contributed by atoms with Crippen LogP contribution in [0.5, 0.6) is 0 Å². The SMILES string of the molecule is CSCC[C@H](N)C(=O)Nc1cccc(S(=O)(=O)N2CCNC(=O)C2)c1.Cl. The molecule has 1 fully saturated rings. The van der Waals surface area contributed by atoms with Crippen molar-refractivity contribution in [2.24, 2.45) is 5.73 Å². The minimum absolute atomic E-state index is 0. The van der Waals surface area contributed by atoms with Crippen LogP contribution in [0.15, 0.2) is 29.2 Å². The molecule has 4 N–H and O–H groups in total. The Morgan fingerprint density at radius 2 is 2.19 bits per heavy atom. The van der Waals surface area contributed by atoms with Crippen LogP contribution in [0.1, 0.15) is 6.42 Å². The van der Waals surface area contributed by atoms with Crippen molar-refractivity contribution in [1.82, 2.24) is 9.62 Å². The Balaban J connectivity index is 0.00000338. The highest BCUT2D eigenvalue weighted by Crippen LogP contribution is 2.20. The predicted octanol–water partition coefficient (Wildman–Crippen LogP) is 0.248. The van der Waals surface area contributed by atoms with Crippen LogP contribution in [0.4, 0.5) is 5.69 Å². The summed E-state index contributed by atoms with van der Waals surface area (Å²) >= 11 is 1.60. The van der Waals surface area contributed by atoms with Gasteiger partial charge in [-0.15, -0.1) is 12.4 Å². The highest BCUT2D eigenvalue weighted by atomic mass is 35.5. The van der Waals surface area contributed by atoms with Gasteiger partial charge in [0.2, 0.25) is 21.8 Å². The maximum absolute atomic E-state index is 12.7. The van der Waals surface area contributed by atoms with Gasteiger partial charge in [0.05, 0.1) is 17.5 Å². The summed E-state index contributed by atoms with van der Waals surface area (Å²) in [5, 5.41) is 5.22. The van der Waals surface area contributed by atoms with E-state index in [2.05, 4.69) is 10.6 Å². The lowest BCUT2D eigenvalue weighted by molar-refractivity contribution is -0.122. The zero-order valence-electron chi connectivity index (χ0n) is 14.3. The monoisotopic (exact) mass is 422 g/mol. The van der Waals surface area contributed by atoms with E-state index in [1.165, 1.54) is 12.1 Å². The topological polar surface area (TPSA) is 122 Å². The molecule has 11 heteroatoms. The zero-order chi connectivity index (χ0) is 18.4. The number of thioether (sulfide) groups is 1. The van der Waals surface area contributed by atoms with Crippen LogP contribution in [0.2, 0.25) is 0 Å². The third-order valence-electron chi connectivity index (χ3n) is 3.71. The van der Waals surface area contributed by atoms with E-state index in [-0.39, 0.29) is 48.8 Å². The van der Waals surface area contributed by atoms with Gasteiger partial charge in [-0.25, -0.2) is 8.42 Å². The molecule has 1 aliphatic rings. The molecule has 1 aliphatic heterocycles. The fraction of sp³-hybridized carbons (Fsp3) is 0.467. The maximum atomic E-state index is 12.7. The molecule has 8 nitrogen and oxygen atoms in total. The van der Waals surface area contributed by atoms with Crippen molar-refractivity contribution in [1.29, 1.82) is 0 Å². The number of carbonyl (C=O) groups is 2. The first-order valence-electron chi connectivity index (χ1n) is 7.77. The second kappa shape index (κ2) is 10.1. The van der Waals surface area contributed by atoms with Crippen molar-refractivity contribution >= 4 is 51.7 Å². The second-order valence-corrected chi connectivity index (χ2v) is 8.52. The van der Waals surface area contributed by atoms with E-state index in [1.54, 1.807) is 23.9 Å². The highest BCUT2D eigenvalue weighted by Gasteiger charge is 2.29. The van der Waals surface area contributed by atoms with Crippen molar-refractivity contribution < 1.29 is 18.0 Å². The molecular weight excluding hydrogens is 400 g/mol. The number of rotatable bonds is 7. The molecule has 0 bridgehead atoms. The first-order chi connectivity index (χ1) is 11.8. The third kappa shape index (κ3) is 5.85. The Morgan fingerprint density at radius 1 is 1.46 bits per heavy atom. The molecule has 2 rings (SSSR count). The molecule has 26 heavy (non-hydrogen) atoms. The number of nitrogens with two attached hydrogens (primary N) is 1. The average molecular weight is 423 g/mol. The van der Waals surface area contributed by atoms with Gasteiger partial charge in [0.15, 0.2) is 0 Å². The first kappa shape index (κ1) is 22.7. The molecule has 0 aliphatic carbocycles. The largest absolute Gasteiger partial charge is 0.354 e. The van der Waals surface area contributed by atoms with Crippen molar-refractivity contribution in [3.05, 3.63) is 24.3 Å². The summed E-state index contributed by atoms with van der Waals surface area (Å²) in [5.41, 5.74) is 6.16. The average Bonchev–Trinajstić information content (AvgIpc) is 2.59. The van der Waals surface area contributed by atoms with Gasteiger partial charge in [-0.2, -0.15) is 16.1 Å². The summed E-state index contributed by atoms with van der Waals surface area (Å²) in [6.45, 7) is 0.279. The van der Waals surface area contributed by atoms with Crippen LogP contribution in [-0.4, -0.2) is 62.2 Å². The van der Waals surface area contributed by atoms with Crippen LogP contribution in [0, 0.1) is 0 Å². The molecule has 1 aromatic rings. The van der Waals surface area contributed by atoms with E-state index in [1.807, 2.05) is 6.26 Å². The summed E-state index contributed by atoms with van der Waals surface area (Å²) in [6.07, 6.45) is 2.47. The van der Waals surface area contributed by atoms with Crippen molar-refractivity contribution in [2.45, 2.75) is 17.4 Å². The Labute approximate surface area is 163 Å². The molecule has 0 unspecified atom stereocenters. The number of hydrogen-bond acceptors (Lipinski definition) is 6. The molecule has 1 saturated heterocycles. The minimum atomic E-state index is -3.80. The summed E-state index contributed by atoms with van der Waals surface area (Å²) in [4.78, 5) is 23.5. The standard InChI is InChI=1S/C15H22N4O4S2.ClH/c1-24-8-5-13(16)15(21)18-11-3-2-4-12(9-11)25(22,23)19-7-6-17-14(20)10-19;/h2-4,9,13H,5-8,10,16H2,1H3,(H,17,20)(H,18,21);1H/t13-;/m0./s1. The lowest BCUT2D eigenvalue weighted by atomic mass is 10.2. The smallest absolute Gasteiger partial charge is 0.243 e. The number of carbonyl (C=O) groups excluding carboxylic acids is 2. The lowest BCUT2D eigenvalue weighted by Crippen LogP contribution is -2.49.